The van der Waals surface area contributed by atoms with Crippen molar-refractivity contribution in [3.8, 4) is 11.5 Å². The molecule has 0 atom stereocenters. The van der Waals surface area contributed by atoms with E-state index < -0.39 is 23.5 Å². The quantitative estimate of drug-likeness (QED) is 0.299. The van der Waals surface area contributed by atoms with Crippen molar-refractivity contribution in [1.82, 2.24) is 10.6 Å². The number of nitrogens with one attached hydrogen (secondary N) is 2. The Morgan fingerprint density at radius 2 is 1.83 bits per heavy atom. The minimum Gasteiger partial charge on any atom is -0.456 e. The van der Waals surface area contributed by atoms with Gasteiger partial charge in [-0.05, 0) is 61.2 Å². The average Bonchev–Trinajstić information content (AvgIpc) is 2.67. The molecule has 0 fully saturated rings. The molecular formula is C21H18F4N2O3. The highest BCUT2D eigenvalue weighted by molar-refractivity contribution is 5.98. The van der Waals surface area contributed by atoms with Gasteiger partial charge in [0.2, 0.25) is 0 Å². The van der Waals surface area contributed by atoms with Crippen molar-refractivity contribution < 1.29 is 31.9 Å². The first kappa shape index (κ1) is 22.7. The number of hydrogen-bond donors (Lipinski definition) is 2. The fraction of sp³-hybridized carbons (Fsp3) is 0.143. The molecule has 0 aromatic heterocycles. The molecule has 2 aromatic rings. The fourth-order valence-electron chi connectivity index (χ4n) is 2.40. The van der Waals surface area contributed by atoms with Gasteiger partial charge in [0.25, 0.3) is 5.91 Å². The average molecular weight is 422 g/mol. The van der Waals surface area contributed by atoms with Crippen molar-refractivity contribution >= 4 is 12.2 Å². The Morgan fingerprint density at radius 3 is 2.43 bits per heavy atom. The third-order valence-corrected chi connectivity index (χ3v) is 3.85. The lowest BCUT2D eigenvalue weighted by Gasteiger charge is -2.16. The van der Waals surface area contributed by atoms with Crippen LogP contribution in [-0.2, 0) is 11.0 Å². The molecule has 0 bridgehead atoms. The monoisotopic (exact) mass is 422 g/mol. The fourth-order valence-corrected chi connectivity index (χ4v) is 2.40. The van der Waals surface area contributed by atoms with Gasteiger partial charge < -0.3 is 15.4 Å². The number of benzene rings is 2. The van der Waals surface area contributed by atoms with Gasteiger partial charge in [0, 0.05) is 18.8 Å². The molecule has 1 amide bonds. The number of carbonyl (C=O) groups is 2. The number of halogens is 4. The van der Waals surface area contributed by atoms with E-state index in [1.807, 2.05) is 0 Å². The Labute approximate surface area is 170 Å². The minimum atomic E-state index is -4.66. The third-order valence-electron chi connectivity index (χ3n) is 3.85. The molecule has 0 spiro atoms. The Morgan fingerprint density at radius 1 is 1.10 bits per heavy atom. The first-order valence-corrected chi connectivity index (χ1v) is 8.61. The van der Waals surface area contributed by atoms with Crippen LogP contribution in [0.25, 0.3) is 0 Å². The zero-order chi connectivity index (χ0) is 22.3. The normalized spacial score (nSPS) is 12.0. The molecule has 158 valence electrons. The highest BCUT2D eigenvalue weighted by Crippen LogP contribution is 2.35. The van der Waals surface area contributed by atoms with Gasteiger partial charge in [-0.2, -0.15) is 13.2 Å². The number of allylic oxidation sites excluding steroid dienone is 2. The van der Waals surface area contributed by atoms with Crippen molar-refractivity contribution in [3.63, 3.8) is 0 Å². The molecule has 5 nitrogen and oxygen atoms in total. The molecule has 0 aliphatic rings. The summed E-state index contributed by atoms with van der Waals surface area (Å²) in [7, 11) is 1.60. The van der Waals surface area contributed by atoms with Crippen LogP contribution in [0, 0.1) is 12.7 Å². The predicted octanol–water partition coefficient (Wildman–Crippen LogP) is 4.49. The van der Waals surface area contributed by atoms with Crippen molar-refractivity contribution in [2.75, 3.05) is 7.05 Å². The van der Waals surface area contributed by atoms with Crippen LogP contribution in [0.5, 0.6) is 11.5 Å². The van der Waals surface area contributed by atoms with E-state index in [2.05, 4.69) is 10.6 Å². The molecule has 30 heavy (non-hydrogen) atoms. The van der Waals surface area contributed by atoms with E-state index in [4.69, 9.17) is 4.74 Å². The lowest BCUT2D eigenvalue weighted by molar-refractivity contribution is -0.137. The summed E-state index contributed by atoms with van der Waals surface area (Å²) < 4.78 is 58.3. The van der Waals surface area contributed by atoms with E-state index in [1.165, 1.54) is 25.3 Å². The summed E-state index contributed by atoms with van der Waals surface area (Å²) in [6.07, 6.45) is -0.312. The largest absolute Gasteiger partial charge is 0.456 e. The Hall–Kier alpha value is -3.62. The Kier molecular flexibility index (Phi) is 7.35. The van der Waals surface area contributed by atoms with E-state index >= 15 is 0 Å². The van der Waals surface area contributed by atoms with Gasteiger partial charge >= 0.3 is 6.18 Å². The minimum absolute atomic E-state index is 0.0866. The maximum atomic E-state index is 13.3. The van der Waals surface area contributed by atoms with Gasteiger partial charge in [-0.3, -0.25) is 9.59 Å². The number of amides is 1. The second-order valence-electron chi connectivity index (χ2n) is 6.05. The standard InChI is InChI=1S/C21H18F4N2O3/c1-13-11-15(22)4-6-18(13)30-19-12-14(21(23,24)25)3-5-17(19)20(29)27-16(8-10-28)7-9-26-2/h3-12,26H,1-2H3,(H,27,29)/b9-7-,16-8+. The van der Waals surface area contributed by atoms with Crippen LogP contribution >= 0.6 is 0 Å². The zero-order valence-corrected chi connectivity index (χ0v) is 16.0. The summed E-state index contributed by atoms with van der Waals surface area (Å²) in [5, 5.41) is 5.10. The zero-order valence-electron chi connectivity index (χ0n) is 16.0. The predicted molar refractivity (Wildman–Crippen MR) is 102 cm³/mol. The van der Waals surface area contributed by atoms with Crippen LogP contribution in [0.15, 0.2) is 60.4 Å². The van der Waals surface area contributed by atoms with Crippen LogP contribution < -0.4 is 15.4 Å². The molecule has 0 saturated heterocycles. The van der Waals surface area contributed by atoms with Crippen molar-refractivity contribution in [3.05, 3.63) is 83.0 Å². The molecule has 9 heteroatoms. The second kappa shape index (κ2) is 9.73. The van der Waals surface area contributed by atoms with Crippen molar-refractivity contribution in [2.45, 2.75) is 13.1 Å². The number of hydrogen-bond acceptors (Lipinski definition) is 4. The summed E-state index contributed by atoms with van der Waals surface area (Å²) in [5.41, 5.74) is -0.792. The van der Waals surface area contributed by atoms with Crippen LogP contribution in [0.4, 0.5) is 17.6 Å². The van der Waals surface area contributed by atoms with Gasteiger partial charge in [0.1, 0.15) is 23.6 Å². The summed E-state index contributed by atoms with van der Waals surface area (Å²) in [6, 6.07) is 5.88. The van der Waals surface area contributed by atoms with Gasteiger partial charge in [-0.25, -0.2) is 4.39 Å². The number of aldehydes is 1. The first-order valence-electron chi connectivity index (χ1n) is 8.61. The van der Waals surface area contributed by atoms with Gasteiger partial charge in [0.15, 0.2) is 0 Å². The maximum absolute atomic E-state index is 13.3. The van der Waals surface area contributed by atoms with E-state index in [9.17, 15) is 27.2 Å². The molecule has 0 radical (unpaired) electrons. The number of carbonyl (C=O) groups excluding carboxylic acids is 2. The van der Waals surface area contributed by atoms with Crippen LogP contribution in [0.1, 0.15) is 21.5 Å². The summed E-state index contributed by atoms with van der Waals surface area (Å²) in [6.45, 7) is 1.51. The van der Waals surface area contributed by atoms with E-state index in [0.717, 1.165) is 30.3 Å². The molecule has 0 unspecified atom stereocenters. The van der Waals surface area contributed by atoms with E-state index in [1.54, 1.807) is 7.05 Å². The molecule has 2 aromatic carbocycles. The highest BCUT2D eigenvalue weighted by atomic mass is 19.4. The number of rotatable bonds is 7. The Balaban J connectivity index is 2.47. The third kappa shape index (κ3) is 5.94. The van der Waals surface area contributed by atoms with Gasteiger partial charge in [-0.15, -0.1) is 0 Å². The van der Waals surface area contributed by atoms with Crippen LogP contribution in [0.2, 0.25) is 0 Å². The lowest BCUT2D eigenvalue weighted by atomic mass is 10.1. The maximum Gasteiger partial charge on any atom is 0.416 e. The summed E-state index contributed by atoms with van der Waals surface area (Å²) in [5.74, 6) is -1.63. The molecule has 0 heterocycles. The number of alkyl halides is 3. The van der Waals surface area contributed by atoms with Crippen LogP contribution in [0.3, 0.4) is 0 Å². The lowest BCUT2D eigenvalue weighted by Crippen LogP contribution is -2.23. The molecule has 2 rings (SSSR count). The smallest absolute Gasteiger partial charge is 0.416 e. The topological polar surface area (TPSA) is 67.4 Å². The number of aryl methyl sites for hydroxylation is 1. The number of ether oxygens (including phenoxy) is 1. The highest BCUT2D eigenvalue weighted by Gasteiger charge is 2.32. The SMILES string of the molecule is CN/C=C\C(=C/C=O)NC(=O)c1ccc(C(F)(F)F)cc1Oc1ccc(F)cc1C. The molecule has 2 N–H and O–H groups in total. The second-order valence-corrected chi connectivity index (χ2v) is 6.05. The van der Waals surface area contributed by atoms with Crippen molar-refractivity contribution in [1.29, 1.82) is 0 Å². The molecular weight excluding hydrogens is 404 g/mol. The van der Waals surface area contributed by atoms with E-state index in [0.29, 0.717) is 17.9 Å². The van der Waals surface area contributed by atoms with Gasteiger partial charge in [0.05, 0.1) is 11.1 Å². The molecule has 0 aliphatic heterocycles. The van der Waals surface area contributed by atoms with E-state index in [-0.39, 0.29) is 22.8 Å². The molecule has 0 aliphatic carbocycles. The molecule has 0 saturated carbocycles. The van der Waals surface area contributed by atoms with Crippen LogP contribution in [-0.4, -0.2) is 19.2 Å². The first-order chi connectivity index (χ1) is 14.2. The Bertz CT molecular complexity index is 998. The summed E-state index contributed by atoms with van der Waals surface area (Å²) >= 11 is 0. The summed E-state index contributed by atoms with van der Waals surface area (Å²) in [4.78, 5) is 23.4. The van der Waals surface area contributed by atoms with Crippen molar-refractivity contribution in [2.24, 2.45) is 0 Å². The van der Waals surface area contributed by atoms with Gasteiger partial charge in [-0.1, -0.05) is 0 Å².